The molecule has 1 fully saturated rings. The number of aryl methyl sites for hydroxylation is 1. The predicted molar refractivity (Wildman–Crippen MR) is 122 cm³/mol. The van der Waals surface area contributed by atoms with Crippen LogP contribution in [0.5, 0.6) is 5.75 Å². The number of imidazole rings is 1. The summed E-state index contributed by atoms with van der Waals surface area (Å²) in [5, 5.41) is 11.2. The average Bonchev–Trinajstić information content (AvgIpc) is 3.52. The van der Waals surface area contributed by atoms with Crippen molar-refractivity contribution in [2.24, 2.45) is 0 Å². The number of carbonyl (C=O) groups is 2. The highest BCUT2D eigenvalue weighted by Crippen LogP contribution is 2.42. The summed E-state index contributed by atoms with van der Waals surface area (Å²) in [6, 6.07) is 14.7. The predicted octanol–water partition coefficient (Wildman–Crippen LogP) is 4.49. The number of Topliss-reactive ketones (excluding diaryl/α,β-unsaturated/α-hetero) is 1. The maximum absolute atomic E-state index is 13.2. The molecule has 1 aliphatic rings. The van der Waals surface area contributed by atoms with Gasteiger partial charge in [0.2, 0.25) is 5.95 Å². The van der Waals surface area contributed by atoms with Gasteiger partial charge in [0, 0.05) is 5.56 Å². The highest BCUT2D eigenvalue weighted by molar-refractivity contribution is 6.51. The van der Waals surface area contributed by atoms with Crippen LogP contribution in [0, 0.1) is 6.92 Å². The maximum Gasteiger partial charge on any atom is 0.302 e. The summed E-state index contributed by atoms with van der Waals surface area (Å²) in [4.78, 5) is 35.2. The van der Waals surface area contributed by atoms with Crippen molar-refractivity contribution in [3.63, 3.8) is 0 Å². The van der Waals surface area contributed by atoms with Crippen LogP contribution in [0.4, 0.5) is 5.95 Å². The molecule has 2 aromatic heterocycles. The molecular formula is C25H21N3O5. The van der Waals surface area contributed by atoms with Gasteiger partial charge in [0.15, 0.2) is 0 Å². The molecule has 8 nitrogen and oxygen atoms in total. The van der Waals surface area contributed by atoms with Gasteiger partial charge < -0.3 is 19.2 Å². The van der Waals surface area contributed by atoms with E-state index in [1.165, 1.54) is 11.2 Å². The molecular weight excluding hydrogens is 422 g/mol. The van der Waals surface area contributed by atoms with E-state index in [0.717, 1.165) is 11.1 Å². The lowest BCUT2D eigenvalue weighted by atomic mass is 9.99. The zero-order chi connectivity index (χ0) is 23.1. The minimum Gasteiger partial charge on any atom is -0.507 e. The Morgan fingerprint density at radius 3 is 2.79 bits per heavy atom. The van der Waals surface area contributed by atoms with E-state index in [-0.39, 0.29) is 17.3 Å². The summed E-state index contributed by atoms with van der Waals surface area (Å²) in [6.45, 7) is 4.25. The third-order valence-electron chi connectivity index (χ3n) is 5.53. The van der Waals surface area contributed by atoms with E-state index < -0.39 is 17.7 Å². The van der Waals surface area contributed by atoms with Gasteiger partial charge in [-0.05, 0) is 55.8 Å². The number of ketones is 1. The monoisotopic (exact) mass is 443 g/mol. The number of furan rings is 1. The van der Waals surface area contributed by atoms with Crippen molar-refractivity contribution in [3.8, 4) is 5.75 Å². The molecule has 0 spiro atoms. The number of nitrogens with zero attached hydrogens (tertiary/aromatic N) is 2. The van der Waals surface area contributed by atoms with E-state index in [2.05, 4.69) is 9.97 Å². The Balaban J connectivity index is 1.68. The normalized spacial score (nSPS) is 17.8. The van der Waals surface area contributed by atoms with Crippen molar-refractivity contribution < 1.29 is 23.8 Å². The Morgan fingerprint density at radius 2 is 2.03 bits per heavy atom. The molecule has 0 aliphatic carbocycles. The van der Waals surface area contributed by atoms with Crippen molar-refractivity contribution in [3.05, 3.63) is 83.3 Å². The second kappa shape index (κ2) is 7.98. The number of hydrogen-bond acceptors (Lipinski definition) is 6. The van der Waals surface area contributed by atoms with Crippen LogP contribution >= 0.6 is 0 Å². The van der Waals surface area contributed by atoms with Crippen LogP contribution in [0.15, 0.2) is 70.9 Å². The highest BCUT2D eigenvalue weighted by atomic mass is 16.5. The molecule has 5 rings (SSSR count). The van der Waals surface area contributed by atoms with Crippen LogP contribution in [0.2, 0.25) is 0 Å². The summed E-state index contributed by atoms with van der Waals surface area (Å²) in [5.41, 5.74) is 2.68. The first-order valence-electron chi connectivity index (χ1n) is 10.5. The van der Waals surface area contributed by atoms with Crippen molar-refractivity contribution in [1.82, 2.24) is 9.97 Å². The molecule has 3 heterocycles. The maximum atomic E-state index is 13.2. The number of amides is 1. The second-order valence-electron chi connectivity index (χ2n) is 7.73. The molecule has 2 aromatic carbocycles. The largest absolute Gasteiger partial charge is 0.507 e. The van der Waals surface area contributed by atoms with E-state index in [9.17, 15) is 14.7 Å². The van der Waals surface area contributed by atoms with Crippen LogP contribution in [0.3, 0.4) is 0 Å². The molecule has 33 heavy (non-hydrogen) atoms. The number of ether oxygens (including phenoxy) is 1. The van der Waals surface area contributed by atoms with Crippen molar-refractivity contribution >= 4 is 34.4 Å². The first-order valence-corrected chi connectivity index (χ1v) is 10.5. The number of rotatable bonds is 5. The third kappa shape index (κ3) is 3.45. The van der Waals surface area contributed by atoms with Crippen LogP contribution in [-0.4, -0.2) is 33.4 Å². The number of fused-ring (bicyclic) bond motifs is 1. The number of aliphatic hydroxyl groups excluding tert-OH is 1. The van der Waals surface area contributed by atoms with Crippen LogP contribution in [-0.2, 0) is 9.59 Å². The number of carbonyl (C=O) groups excluding carboxylic acids is 2. The molecule has 2 N–H and O–H groups in total. The SMILES string of the molecule is CCOc1cccc(/C(O)=C2\C(=O)C(=O)N(c3nc4ccc(C)cc4[nH]3)C2c2ccco2)c1. The molecule has 8 heteroatoms. The molecule has 166 valence electrons. The van der Waals surface area contributed by atoms with Crippen LogP contribution in [0.1, 0.15) is 29.9 Å². The molecule has 1 unspecified atom stereocenters. The van der Waals surface area contributed by atoms with Gasteiger partial charge in [-0.25, -0.2) is 4.98 Å². The number of aliphatic hydroxyl groups is 1. The summed E-state index contributed by atoms with van der Waals surface area (Å²) in [7, 11) is 0. The fraction of sp³-hybridized carbons (Fsp3) is 0.160. The Morgan fingerprint density at radius 1 is 1.18 bits per heavy atom. The van der Waals surface area contributed by atoms with E-state index >= 15 is 0 Å². The smallest absolute Gasteiger partial charge is 0.302 e. The number of H-pyrrole nitrogens is 1. The van der Waals surface area contributed by atoms with Crippen molar-refractivity contribution in [2.75, 3.05) is 11.5 Å². The summed E-state index contributed by atoms with van der Waals surface area (Å²) < 4.78 is 11.1. The fourth-order valence-corrected chi connectivity index (χ4v) is 4.05. The van der Waals surface area contributed by atoms with Crippen LogP contribution in [0.25, 0.3) is 16.8 Å². The first-order chi connectivity index (χ1) is 16.0. The van der Waals surface area contributed by atoms with Crippen molar-refractivity contribution in [1.29, 1.82) is 0 Å². The Kier molecular flexibility index (Phi) is 4.97. The summed E-state index contributed by atoms with van der Waals surface area (Å²) in [6.07, 6.45) is 1.45. The third-order valence-corrected chi connectivity index (χ3v) is 5.53. The average molecular weight is 443 g/mol. The molecule has 0 saturated carbocycles. The minimum atomic E-state index is -0.989. The molecule has 0 radical (unpaired) electrons. The second-order valence-corrected chi connectivity index (χ2v) is 7.73. The number of benzene rings is 2. The van der Waals surface area contributed by atoms with Gasteiger partial charge >= 0.3 is 5.91 Å². The molecule has 4 aromatic rings. The topological polar surface area (TPSA) is 109 Å². The summed E-state index contributed by atoms with van der Waals surface area (Å²) in [5.74, 6) is -0.889. The van der Waals surface area contributed by atoms with Gasteiger partial charge in [0.05, 0.1) is 29.5 Å². The number of nitrogens with one attached hydrogen (secondary N) is 1. The lowest BCUT2D eigenvalue weighted by molar-refractivity contribution is -0.132. The number of aromatic amines is 1. The Bertz CT molecular complexity index is 1400. The minimum absolute atomic E-state index is 0.0831. The molecule has 1 atom stereocenters. The van der Waals surface area contributed by atoms with Gasteiger partial charge in [-0.3, -0.25) is 14.5 Å². The number of hydrogen-bond donors (Lipinski definition) is 2. The van der Waals surface area contributed by atoms with Crippen molar-refractivity contribution in [2.45, 2.75) is 19.9 Å². The zero-order valence-electron chi connectivity index (χ0n) is 18.0. The highest BCUT2D eigenvalue weighted by Gasteiger charge is 2.49. The molecule has 1 aliphatic heterocycles. The lowest BCUT2D eigenvalue weighted by Gasteiger charge is -2.20. The molecule has 1 amide bonds. The Hall–Kier alpha value is -4.33. The quantitative estimate of drug-likeness (QED) is 0.267. The standard InChI is InChI=1S/C25H21N3O5/c1-3-32-16-7-4-6-15(13-16)22(29)20-21(19-8-5-11-33-19)28(24(31)23(20)30)25-26-17-10-9-14(2)12-18(17)27-25/h4-13,21,29H,3H2,1-2H3,(H,26,27)/b22-20+. The first kappa shape index (κ1) is 20.6. The van der Waals surface area contributed by atoms with E-state index in [4.69, 9.17) is 9.15 Å². The lowest BCUT2D eigenvalue weighted by Crippen LogP contribution is -2.30. The summed E-state index contributed by atoms with van der Waals surface area (Å²) >= 11 is 0. The van der Waals surface area contributed by atoms with Gasteiger partial charge in [-0.2, -0.15) is 0 Å². The molecule has 1 saturated heterocycles. The van der Waals surface area contributed by atoms with E-state index in [0.29, 0.717) is 29.2 Å². The number of anilines is 1. The van der Waals surface area contributed by atoms with Gasteiger partial charge in [-0.1, -0.05) is 18.2 Å². The van der Waals surface area contributed by atoms with E-state index in [1.807, 2.05) is 32.0 Å². The van der Waals surface area contributed by atoms with E-state index in [1.54, 1.807) is 36.4 Å². The van der Waals surface area contributed by atoms with Gasteiger partial charge in [-0.15, -0.1) is 0 Å². The van der Waals surface area contributed by atoms with Gasteiger partial charge in [0.1, 0.15) is 23.3 Å². The fourth-order valence-electron chi connectivity index (χ4n) is 4.05. The number of aromatic nitrogens is 2. The van der Waals surface area contributed by atoms with Gasteiger partial charge in [0.25, 0.3) is 5.78 Å². The Labute approximate surface area is 189 Å². The molecule has 0 bridgehead atoms. The van der Waals surface area contributed by atoms with Crippen LogP contribution < -0.4 is 9.64 Å². The zero-order valence-corrected chi connectivity index (χ0v) is 18.0.